The summed E-state index contributed by atoms with van der Waals surface area (Å²) in [5.74, 6) is 0.0148. The molecule has 0 radical (unpaired) electrons. The maximum absolute atomic E-state index is 12.7. The van der Waals surface area contributed by atoms with E-state index in [0.29, 0.717) is 17.1 Å². The molecule has 3 rings (SSSR count). The number of carbonyl (C=O) groups is 2. The molecule has 0 N–H and O–H groups in total. The van der Waals surface area contributed by atoms with Gasteiger partial charge >= 0.3 is 5.97 Å². The minimum Gasteiger partial charge on any atom is -0.497 e. The second-order valence-electron chi connectivity index (χ2n) is 5.81. The van der Waals surface area contributed by atoms with Crippen LogP contribution in [0.2, 0.25) is 0 Å². The van der Waals surface area contributed by atoms with Crippen molar-refractivity contribution in [3.63, 3.8) is 0 Å². The molecule has 0 bridgehead atoms. The minimum absolute atomic E-state index is 0.108. The molecule has 0 fully saturated rings. The van der Waals surface area contributed by atoms with Gasteiger partial charge in [-0.05, 0) is 53.3 Å². The van der Waals surface area contributed by atoms with Crippen molar-refractivity contribution in [3.8, 4) is 5.75 Å². The normalized spacial score (nSPS) is 11.1. The van der Waals surface area contributed by atoms with Crippen LogP contribution in [-0.4, -0.2) is 45.7 Å². The van der Waals surface area contributed by atoms with Crippen molar-refractivity contribution in [2.45, 2.75) is 6.92 Å². The fourth-order valence-electron chi connectivity index (χ4n) is 2.43. The summed E-state index contributed by atoms with van der Waals surface area (Å²) in [6.07, 6.45) is 1.60. The van der Waals surface area contributed by atoms with Crippen LogP contribution < -0.4 is 4.74 Å². The van der Waals surface area contributed by atoms with Crippen LogP contribution in [0.5, 0.6) is 5.75 Å². The molecule has 0 spiro atoms. The van der Waals surface area contributed by atoms with E-state index in [1.165, 1.54) is 4.68 Å². The fraction of sp³-hybridized carbons (Fsp3) is 0.150. The van der Waals surface area contributed by atoms with Gasteiger partial charge in [0.15, 0.2) is 23.9 Å². The van der Waals surface area contributed by atoms with Crippen molar-refractivity contribution in [1.82, 2.24) is 20.2 Å². The fourth-order valence-corrected chi connectivity index (χ4v) is 2.43. The SMILES string of the molecule is COc1ccc(C(=O)COC(=O)/C(=C/c2ccccc2)n2nnnc2C)cc1. The summed E-state index contributed by atoms with van der Waals surface area (Å²) in [5, 5.41) is 11.2. The quantitative estimate of drug-likeness (QED) is 0.354. The Bertz CT molecular complexity index is 995. The molecule has 1 heterocycles. The number of hydrogen-bond donors (Lipinski definition) is 0. The van der Waals surface area contributed by atoms with Crippen molar-refractivity contribution in [1.29, 1.82) is 0 Å². The highest BCUT2D eigenvalue weighted by molar-refractivity contribution is 6.16. The molecule has 0 aliphatic rings. The standard InChI is InChI=1S/C20H18N4O4/c1-14-21-22-23-24(14)18(12-15-6-4-3-5-7-15)20(26)28-13-19(25)16-8-10-17(27-2)11-9-16/h3-12H,13H2,1-2H3/b18-12-. The highest BCUT2D eigenvalue weighted by atomic mass is 16.5. The molecule has 0 unspecified atom stereocenters. The van der Waals surface area contributed by atoms with Gasteiger partial charge in [-0.3, -0.25) is 4.79 Å². The average Bonchev–Trinajstić information content (AvgIpc) is 3.16. The number of rotatable bonds is 7. The molecule has 0 atom stereocenters. The Labute approximate surface area is 161 Å². The van der Waals surface area contributed by atoms with Crippen LogP contribution in [-0.2, 0) is 9.53 Å². The lowest BCUT2D eigenvalue weighted by molar-refractivity contribution is -0.136. The number of methoxy groups -OCH3 is 1. The van der Waals surface area contributed by atoms with Crippen LogP contribution >= 0.6 is 0 Å². The molecular formula is C20H18N4O4. The number of benzene rings is 2. The third kappa shape index (κ3) is 4.47. The lowest BCUT2D eigenvalue weighted by atomic mass is 10.1. The Balaban J connectivity index is 1.77. The lowest BCUT2D eigenvalue weighted by Crippen LogP contribution is -2.19. The number of carbonyl (C=O) groups excluding carboxylic acids is 2. The highest BCUT2D eigenvalue weighted by Crippen LogP contribution is 2.15. The number of tetrazole rings is 1. The zero-order valence-electron chi connectivity index (χ0n) is 15.4. The lowest BCUT2D eigenvalue weighted by Gasteiger charge is -2.09. The predicted molar refractivity (Wildman–Crippen MR) is 101 cm³/mol. The molecule has 2 aromatic carbocycles. The number of ketones is 1. The second kappa shape index (κ2) is 8.72. The summed E-state index contributed by atoms with van der Waals surface area (Å²) in [5.41, 5.74) is 1.29. The van der Waals surface area contributed by atoms with E-state index < -0.39 is 12.6 Å². The van der Waals surface area contributed by atoms with Gasteiger partial charge in [0.05, 0.1) is 7.11 Å². The first kappa shape index (κ1) is 19.0. The highest BCUT2D eigenvalue weighted by Gasteiger charge is 2.19. The van der Waals surface area contributed by atoms with Crippen molar-refractivity contribution in [3.05, 3.63) is 71.5 Å². The molecule has 0 aliphatic carbocycles. The first-order valence-electron chi connectivity index (χ1n) is 8.45. The molecular weight excluding hydrogens is 360 g/mol. The van der Waals surface area contributed by atoms with E-state index in [4.69, 9.17) is 9.47 Å². The molecule has 28 heavy (non-hydrogen) atoms. The van der Waals surface area contributed by atoms with Crippen LogP contribution in [0.25, 0.3) is 11.8 Å². The molecule has 1 aromatic heterocycles. The van der Waals surface area contributed by atoms with E-state index in [0.717, 1.165) is 5.56 Å². The third-order valence-electron chi connectivity index (χ3n) is 3.91. The van der Waals surface area contributed by atoms with Crippen molar-refractivity contribution in [2.24, 2.45) is 0 Å². The number of Topliss-reactive ketones (excluding diaryl/α,β-unsaturated/α-hetero) is 1. The van der Waals surface area contributed by atoms with Crippen molar-refractivity contribution in [2.75, 3.05) is 13.7 Å². The maximum atomic E-state index is 12.7. The first-order valence-corrected chi connectivity index (χ1v) is 8.45. The van der Waals surface area contributed by atoms with E-state index in [-0.39, 0.29) is 11.5 Å². The van der Waals surface area contributed by atoms with Gasteiger partial charge in [-0.2, -0.15) is 4.68 Å². The van der Waals surface area contributed by atoms with Crippen LogP contribution in [0.15, 0.2) is 54.6 Å². The van der Waals surface area contributed by atoms with Gasteiger partial charge in [-0.25, -0.2) is 4.79 Å². The summed E-state index contributed by atoms with van der Waals surface area (Å²) in [6.45, 7) is 1.26. The Kier molecular flexibility index (Phi) is 5.91. The Morgan fingerprint density at radius 3 is 2.39 bits per heavy atom. The topological polar surface area (TPSA) is 96.2 Å². The van der Waals surface area contributed by atoms with Gasteiger partial charge in [0.1, 0.15) is 5.75 Å². The van der Waals surface area contributed by atoms with Crippen LogP contribution in [0, 0.1) is 6.92 Å². The number of hydrogen-bond acceptors (Lipinski definition) is 7. The predicted octanol–water partition coefficient (Wildman–Crippen LogP) is 2.41. The molecule has 0 amide bonds. The third-order valence-corrected chi connectivity index (χ3v) is 3.91. The van der Waals surface area contributed by atoms with E-state index in [2.05, 4.69) is 15.5 Å². The number of ether oxygens (including phenoxy) is 2. The summed E-state index contributed by atoms with van der Waals surface area (Å²) < 4.78 is 11.6. The maximum Gasteiger partial charge on any atom is 0.357 e. The zero-order valence-corrected chi connectivity index (χ0v) is 15.4. The number of aryl methyl sites for hydroxylation is 1. The first-order chi connectivity index (χ1) is 13.6. The average molecular weight is 378 g/mol. The van der Waals surface area contributed by atoms with E-state index >= 15 is 0 Å². The van der Waals surface area contributed by atoms with Crippen molar-refractivity contribution >= 4 is 23.5 Å². The van der Waals surface area contributed by atoms with Gasteiger partial charge in [-0.1, -0.05) is 30.3 Å². The van der Waals surface area contributed by atoms with Crippen molar-refractivity contribution < 1.29 is 19.1 Å². The van der Waals surface area contributed by atoms with E-state index in [9.17, 15) is 9.59 Å². The van der Waals surface area contributed by atoms with Gasteiger partial charge in [0, 0.05) is 5.56 Å². The number of esters is 1. The van der Waals surface area contributed by atoms with Gasteiger partial charge in [-0.15, -0.1) is 5.10 Å². The Morgan fingerprint density at radius 2 is 1.79 bits per heavy atom. The summed E-state index contributed by atoms with van der Waals surface area (Å²) in [7, 11) is 1.54. The summed E-state index contributed by atoms with van der Waals surface area (Å²) >= 11 is 0. The molecule has 8 heteroatoms. The minimum atomic E-state index is -0.707. The Morgan fingerprint density at radius 1 is 1.07 bits per heavy atom. The summed E-state index contributed by atoms with van der Waals surface area (Å²) in [6, 6.07) is 15.8. The van der Waals surface area contributed by atoms with E-state index in [1.807, 2.05) is 30.3 Å². The molecule has 3 aromatic rings. The molecule has 142 valence electrons. The van der Waals surface area contributed by atoms with Crippen LogP contribution in [0.1, 0.15) is 21.7 Å². The number of aromatic nitrogens is 4. The molecule has 0 saturated carbocycles. The summed E-state index contributed by atoms with van der Waals surface area (Å²) in [4.78, 5) is 25.0. The van der Waals surface area contributed by atoms with Gasteiger partial charge in [0.25, 0.3) is 0 Å². The van der Waals surface area contributed by atoms with E-state index in [1.54, 1.807) is 44.4 Å². The largest absolute Gasteiger partial charge is 0.497 e. The molecule has 0 saturated heterocycles. The van der Waals surface area contributed by atoms with Crippen LogP contribution in [0.4, 0.5) is 0 Å². The monoisotopic (exact) mass is 378 g/mol. The van der Waals surface area contributed by atoms with Gasteiger partial charge < -0.3 is 9.47 Å². The zero-order chi connectivity index (χ0) is 19.9. The second-order valence-corrected chi connectivity index (χ2v) is 5.81. The molecule has 8 nitrogen and oxygen atoms in total. The smallest absolute Gasteiger partial charge is 0.357 e. The molecule has 0 aliphatic heterocycles. The van der Waals surface area contributed by atoms with Crippen LogP contribution in [0.3, 0.4) is 0 Å². The number of nitrogens with zero attached hydrogens (tertiary/aromatic N) is 4. The van der Waals surface area contributed by atoms with Gasteiger partial charge in [0.2, 0.25) is 0 Å². The Hall–Kier alpha value is -3.81.